The van der Waals surface area contributed by atoms with Gasteiger partial charge in [0.25, 0.3) is 11.4 Å². The van der Waals surface area contributed by atoms with Crippen LogP contribution in [-0.4, -0.2) is 15.8 Å². The van der Waals surface area contributed by atoms with Gasteiger partial charge in [-0.2, -0.15) is 0 Å². The summed E-state index contributed by atoms with van der Waals surface area (Å²) in [5.74, 6) is -0.235. The molecule has 2 heterocycles. The van der Waals surface area contributed by atoms with Gasteiger partial charge in [0.2, 0.25) is 5.69 Å². The van der Waals surface area contributed by atoms with E-state index >= 15 is 0 Å². The number of nitro benzene ring substituents is 2. The molecule has 0 fully saturated rings. The maximum atomic E-state index is 12.9. The summed E-state index contributed by atoms with van der Waals surface area (Å²) in [6.07, 6.45) is 1.62. The number of fused-ring (bicyclic) bond motifs is 1. The second-order valence-electron chi connectivity index (χ2n) is 5.79. The van der Waals surface area contributed by atoms with E-state index in [2.05, 4.69) is 0 Å². The van der Waals surface area contributed by atoms with Crippen molar-refractivity contribution in [3.8, 4) is 11.3 Å². The van der Waals surface area contributed by atoms with Crippen LogP contribution in [0.5, 0.6) is 0 Å². The average Bonchev–Trinajstić information content (AvgIpc) is 3.23. The Bertz CT molecular complexity index is 1170. The molecule has 0 N–H and O–H groups in total. The molecule has 10 heteroatoms. The third-order valence-electron chi connectivity index (χ3n) is 4.06. The number of thiazole rings is 1. The summed E-state index contributed by atoms with van der Waals surface area (Å²) >= 11 is 2.68. The maximum absolute atomic E-state index is 12.9. The SMILES string of the molecule is O=C1/C(=C/c2cccc([N+](=O)[O-])c2)Sc2scc(-c3ccc([N+](=O)[O-])cc3)[n+]21. The first-order valence-electron chi connectivity index (χ1n) is 7.91. The molecular formula is C18H10N3O5S2+. The van der Waals surface area contributed by atoms with Crippen LogP contribution in [0.2, 0.25) is 0 Å². The summed E-state index contributed by atoms with van der Waals surface area (Å²) < 4.78 is 2.31. The molecule has 2 aromatic carbocycles. The minimum atomic E-state index is -0.482. The number of benzene rings is 2. The van der Waals surface area contributed by atoms with Crippen LogP contribution in [-0.2, 0) is 0 Å². The van der Waals surface area contributed by atoms with Crippen molar-refractivity contribution in [2.45, 2.75) is 4.34 Å². The van der Waals surface area contributed by atoms with Gasteiger partial charge in [-0.05, 0) is 23.8 Å². The van der Waals surface area contributed by atoms with Crippen molar-refractivity contribution in [3.63, 3.8) is 0 Å². The number of aromatic nitrogens is 1. The number of rotatable bonds is 4. The number of allylic oxidation sites excluding steroid dienone is 1. The zero-order valence-electron chi connectivity index (χ0n) is 14.0. The Labute approximate surface area is 166 Å². The van der Waals surface area contributed by atoms with Gasteiger partial charge in [0, 0.05) is 41.6 Å². The van der Waals surface area contributed by atoms with Gasteiger partial charge in [-0.1, -0.05) is 23.5 Å². The van der Waals surface area contributed by atoms with Crippen LogP contribution in [0.15, 0.2) is 63.2 Å². The Balaban J connectivity index is 1.68. The summed E-state index contributed by atoms with van der Waals surface area (Å²) in [4.78, 5) is 34.1. The van der Waals surface area contributed by atoms with Crippen molar-refractivity contribution >= 4 is 46.5 Å². The zero-order chi connectivity index (χ0) is 19.8. The van der Waals surface area contributed by atoms with E-state index in [0.29, 0.717) is 21.7 Å². The minimum Gasteiger partial charge on any atom is -0.258 e. The Hall–Kier alpha value is -3.37. The van der Waals surface area contributed by atoms with E-state index in [-0.39, 0.29) is 17.3 Å². The Kier molecular flexibility index (Phi) is 4.49. The van der Waals surface area contributed by atoms with Gasteiger partial charge in [-0.3, -0.25) is 20.2 Å². The van der Waals surface area contributed by atoms with Crippen molar-refractivity contribution in [2.75, 3.05) is 0 Å². The van der Waals surface area contributed by atoms with Crippen molar-refractivity contribution in [1.29, 1.82) is 0 Å². The predicted molar refractivity (Wildman–Crippen MR) is 104 cm³/mol. The monoisotopic (exact) mass is 412 g/mol. The Morgan fingerprint density at radius 3 is 2.36 bits per heavy atom. The number of nitro groups is 2. The van der Waals surface area contributed by atoms with Gasteiger partial charge in [0.1, 0.15) is 4.91 Å². The molecule has 28 heavy (non-hydrogen) atoms. The first-order chi connectivity index (χ1) is 13.4. The summed E-state index contributed by atoms with van der Waals surface area (Å²) in [5.41, 5.74) is 1.84. The second-order valence-corrected chi connectivity index (χ2v) is 7.94. The number of carbonyl (C=O) groups excluding carboxylic acids is 1. The van der Waals surface area contributed by atoms with Crippen LogP contribution in [0.3, 0.4) is 0 Å². The molecule has 8 nitrogen and oxygen atoms in total. The molecule has 4 rings (SSSR count). The fourth-order valence-electron chi connectivity index (χ4n) is 2.74. The molecule has 0 aliphatic carbocycles. The van der Waals surface area contributed by atoms with Crippen LogP contribution in [0.25, 0.3) is 17.3 Å². The van der Waals surface area contributed by atoms with E-state index in [4.69, 9.17) is 0 Å². The highest BCUT2D eigenvalue weighted by Gasteiger charge is 2.40. The third kappa shape index (κ3) is 3.19. The lowest BCUT2D eigenvalue weighted by Crippen LogP contribution is -2.40. The normalized spacial score (nSPS) is 14.3. The second kappa shape index (κ2) is 6.98. The summed E-state index contributed by atoms with van der Waals surface area (Å²) in [6, 6.07) is 12.1. The van der Waals surface area contributed by atoms with Crippen LogP contribution < -0.4 is 4.57 Å². The predicted octanol–water partition coefficient (Wildman–Crippen LogP) is 4.31. The highest BCUT2D eigenvalue weighted by atomic mass is 32.2. The van der Waals surface area contributed by atoms with E-state index in [1.54, 1.807) is 34.9 Å². The van der Waals surface area contributed by atoms with E-state index < -0.39 is 9.85 Å². The van der Waals surface area contributed by atoms with E-state index in [1.165, 1.54) is 47.4 Å². The van der Waals surface area contributed by atoms with Gasteiger partial charge in [-0.25, -0.2) is 4.79 Å². The molecule has 0 amide bonds. The molecule has 0 saturated heterocycles. The van der Waals surface area contributed by atoms with E-state index in [1.807, 2.05) is 5.38 Å². The quantitative estimate of drug-likeness (QED) is 0.274. The van der Waals surface area contributed by atoms with Gasteiger partial charge in [0.15, 0.2) is 0 Å². The van der Waals surface area contributed by atoms with Crippen LogP contribution in [0.1, 0.15) is 10.4 Å². The number of hydrogen-bond acceptors (Lipinski definition) is 7. The molecule has 1 aromatic heterocycles. The van der Waals surface area contributed by atoms with Crippen molar-refractivity contribution < 1.29 is 19.2 Å². The lowest BCUT2D eigenvalue weighted by molar-refractivity contribution is -0.588. The summed E-state index contributed by atoms with van der Waals surface area (Å²) in [6.45, 7) is 0. The molecule has 0 atom stereocenters. The largest absolute Gasteiger partial charge is 0.433 e. The molecule has 0 radical (unpaired) electrons. The number of thioether (sulfide) groups is 1. The first kappa shape index (κ1) is 18.0. The van der Waals surface area contributed by atoms with Crippen LogP contribution in [0.4, 0.5) is 11.4 Å². The van der Waals surface area contributed by atoms with Crippen molar-refractivity contribution in [3.05, 3.63) is 84.6 Å². The lowest BCUT2D eigenvalue weighted by atomic mass is 10.1. The topological polar surface area (TPSA) is 107 Å². The fraction of sp³-hybridized carbons (Fsp3) is 0. The fourth-order valence-corrected chi connectivity index (χ4v) is 4.92. The molecule has 1 aliphatic rings. The number of hydrogen-bond donors (Lipinski definition) is 0. The van der Waals surface area contributed by atoms with Crippen LogP contribution >= 0.6 is 23.1 Å². The van der Waals surface area contributed by atoms with Crippen molar-refractivity contribution in [1.82, 2.24) is 0 Å². The molecule has 0 saturated carbocycles. The van der Waals surface area contributed by atoms with Gasteiger partial charge in [0.05, 0.1) is 15.2 Å². The molecular weight excluding hydrogens is 402 g/mol. The first-order valence-corrected chi connectivity index (χ1v) is 9.61. The molecule has 0 spiro atoms. The van der Waals surface area contributed by atoms with E-state index in [0.717, 1.165) is 4.34 Å². The minimum absolute atomic E-state index is 0.0208. The van der Waals surface area contributed by atoms with Crippen LogP contribution in [0, 0.1) is 20.2 Å². The Morgan fingerprint density at radius 2 is 1.68 bits per heavy atom. The standard InChI is InChI=1S/C18H10N3O5S2/c22-17-16(9-11-2-1-3-14(8-11)21(25)26)28-18-19(17)15(10-27-18)12-4-6-13(7-5-12)20(23)24/h1-10H/q+1/b16-9-. The highest BCUT2D eigenvalue weighted by molar-refractivity contribution is 8.05. The van der Waals surface area contributed by atoms with Gasteiger partial charge < -0.3 is 0 Å². The average molecular weight is 412 g/mol. The smallest absolute Gasteiger partial charge is 0.258 e. The molecule has 3 aromatic rings. The summed E-state index contributed by atoms with van der Waals surface area (Å²) in [7, 11) is 0. The maximum Gasteiger partial charge on any atom is 0.433 e. The third-order valence-corrected chi connectivity index (χ3v) is 6.19. The van der Waals surface area contributed by atoms with Gasteiger partial charge >= 0.3 is 10.2 Å². The summed E-state index contributed by atoms with van der Waals surface area (Å²) in [5, 5.41) is 23.6. The number of carbonyl (C=O) groups is 1. The molecule has 138 valence electrons. The molecule has 0 bridgehead atoms. The molecule has 0 unspecified atom stereocenters. The Morgan fingerprint density at radius 1 is 0.964 bits per heavy atom. The zero-order valence-corrected chi connectivity index (χ0v) is 15.6. The van der Waals surface area contributed by atoms with Gasteiger partial charge in [-0.15, -0.1) is 4.57 Å². The lowest BCUT2D eigenvalue weighted by Gasteiger charge is -1.96. The van der Waals surface area contributed by atoms with Crippen molar-refractivity contribution in [2.24, 2.45) is 0 Å². The number of nitrogens with zero attached hydrogens (tertiary/aromatic N) is 3. The number of non-ortho nitro benzene ring substituents is 2. The molecule has 1 aliphatic heterocycles. The van der Waals surface area contributed by atoms with E-state index in [9.17, 15) is 25.0 Å². The highest BCUT2D eigenvalue weighted by Crippen LogP contribution is 2.38.